The highest BCUT2D eigenvalue weighted by atomic mass is 14.6. The number of benzene rings is 1. The number of nitrogens with zero attached hydrogens (tertiary/aromatic N) is 1. The Morgan fingerprint density at radius 3 is 2.29 bits per heavy atom. The summed E-state index contributed by atoms with van der Waals surface area (Å²) in [5.74, 6) is 0.583. The lowest BCUT2D eigenvalue weighted by molar-refractivity contribution is 0.857. The van der Waals surface area contributed by atoms with E-state index in [4.69, 9.17) is 0 Å². The highest BCUT2D eigenvalue weighted by molar-refractivity contribution is 5.64. The van der Waals surface area contributed by atoms with Crippen molar-refractivity contribution in [3.8, 4) is 11.1 Å². The summed E-state index contributed by atoms with van der Waals surface area (Å²) >= 11 is 0. The minimum absolute atomic E-state index is 0.583. The molecule has 0 N–H and O–H groups in total. The molecule has 0 aliphatic rings. The summed E-state index contributed by atoms with van der Waals surface area (Å²) in [5.41, 5.74) is 6.44. The molecule has 17 heavy (non-hydrogen) atoms. The zero-order valence-electron chi connectivity index (χ0n) is 11.0. The Labute approximate surface area is 104 Å². The third-order valence-electron chi connectivity index (χ3n) is 3.10. The molecule has 0 bridgehead atoms. The quantitative estimate of drug-likeness (QED) is 0.734. The minimum Gasteiger partial charge on any atom is -0.264 e. The zero-order chi connectivity index (χ0) is 12.4. The molecular weight excluding hydrogens is 206 g/mol. The van der Waals surface area contributed by atoms with Crippen molar-refractivity contribution >= 4 is 0 Å². The molecule has 2 aromatic rings. The second kappa shape index (κ2) is 4.70. The van der Waals surface area contributed by atoms with E-state index in [1.807, 2.05) is 12.4 Å². The summed E-state index contributed by atoms with van der Waals surface area (Å²) in [7, 11) is 0. The van der Waals surface area contributed by atoms with Gasteiger partial charge in [-0.05, 0) is 48.1 Å². The van der Waals surface area contributed by atoms with Gasteiger partial charge in [-0.3, -0.25) is 4.98 Å². The Morgan fingerprint density at radius 1 is 0.941 bits per heavy atom. The third-order valence-corrected chi connectivity index (χ3v) is 3.10. The molecule has 1 nitrogen and oxygen atoms in total. The largest absolute Gasteiger partial charge is 0.264 e. The van der Waals surface area contributed by atoms with E-state index in [2.05, 4.69) is 56.9 Å². The second-order valence-corrected chi connectivity index (χ2v) is 4.98. The van der Waals surface area contributed by atoms with Crippen LogP contribution in [0.3, 0.4) is 0 Å². The van der Waals surface area contributed by atoms with E-state index in [0.29, 0.717) is 5.92 Å². The maximum atomic E-state index is 4.25. The van der Waals surface area contributed by atoms with E-state index in [9.17, 15) is 0 Å². The predicted octanol–water partition coefficient (Wildman–Crippen LogP) is 4.49. The summed E-state index contributed by atoms with van der Waals surface area (Å²) < 4.78 is 0. The second-order valence-electron chi connectivity index (χ2n) is 4.98. The van der Waals surface area contributed by atoms with Crippen LogP contribution in [-0.2, 0) is 0 Å². The summed E-state index contributed by atoms with van der Waals surface area (Å²) in [6.07, 6.45) is 3.82. The van der Waals surface area contributed by atoms with Gasteiger partial charge in [-0.25, -0.2) is 0 Å². The van der Waals surface area contributed by atoms with Gasteiger partial charge in [0.15, 0.2) is 0 Å². The number of hydrogen-bond donors (Lipinski definition) is 0. The maximum Gasteiger partial charge on any atom is 0.0346 e. The van der Waals surface area contributed by atoms with Crippen molar-refractivity contribution in [3.05, 3.63) is 53.3 Å². The van der Waals surface area contributed by atoms with Crippen molar-refractivity contribution in [2.45, 2.75) is 33.6 Å². The Morgan fingerprint density at radius 2 is 1.71 bits per heavy atom. The smallest absolute Gasteiger partial charge is 0.0346 e. The van der Waals surface area contributed by atoms with E-state index >= 15 is 0 Å². The summed E-state index contributed by atoms with van der Waals surface area (Å²) in [6, 6.07) is 8.86. The monoisotopic (exact) mass is 225 g/mol. The molecule has 0 fully saturated rings. The van der Waals surface area contributed by atoms with Gasteiger partial charge in [0.2, 0.25) is 0 Å². The molecule has 0 atom stereocenters. The van der Waals surface area contributed by atoms with Gasteiger partial charge in [0.1, 0.15) is 0 Å². The molecule has 1 aromatic carbocycles. The zero-order valence-corrected chi connectivity index (χ0v) is 11.0. The molecular formula is C16H19N. The van der Waals surface area contributed by atoms with Crippen LogP contribution in [0.25, 0.3) is 11.1 Å². The fraction of sp³-hybridized carbons (Fsp3) is 0.312. The minimum atomic E-state index is 0.583. The molecule has 0 spiro atoms. The van der Waals surface area contributed by atoms with Crippen molar-refractivity contribution in [3.63, 3.8) is 0 Å². The van der Waals surface area contributed by atoms with Gasteiger partial charge in [0.05, 0.1) is 0 Å². The first-order valence-corrected chi connectivity index (χ1v) is 6.10. The van der Waals surface area contributed by atoms with Crippen molar-refractivity contribution in [2.75, 3.05) is 0 Å². The van der Waals surface area contributed by atoms with Crippen LogP contribution in [-0.4, -0.2) is 4.98 Å². The van der Waals surface area contributed by atoms with E-state index in [1.165, 1.54) is 27.8 Å². The van der Waals surface area contributed by atoms with Gasteiger partial charge < -0.3 is 0 Å². The molecule has 88 valence electrons. The van der Waals surface area contributed by atoms with Crippen LogP contribution in [0, 0.1) is 13.8 Å². The fourth-order valence-corrected chi connectivity index (χ4v) is 2.22. The van der Waals surface area contributed by atoms with Gasteiger partial charge in [0, 0.05) is 18.0 Å². The first kappa shape index (κ1) is 11.8. The van der Waals surface area contributed by atoms with Gasteiger partial charge in [-0.2, -0.15) is 0 Å². The maximum absolute atomic E-state index is 4.25. The van der Waals surface area contributed by atoms with E-state index in [-0.39, 0.29) is 0 Å². The van der Waals surface area contributed by atoms with Crippen LogP contribution in [0.2, 0.25) is 0 Å². The van der Waals surface area contributed by atoms with Crippen molar-refractivity contribution in [1.29, 1.82) is 0 Å². The molecule has 0 aliphatic heterocycles. The van der Waals surface area contributed by atoms with Crippen LogP contribution in [0.4, 0.5) is 0 Å². The first-order valence-electron chi connectivity index (χ1n) is 6.10. The fourth-order valence-electron chi connectivity index (χ4n) is 2.22. The highest BCUT2D eigenvalue weighted by Crippen LogP contribution is 2.25. The van der Waals surface area contributed by atoms with Gasteiger partial charge in [-0.1, -0.05) is 32.0 Å². The number of aromatic nitrogens is 1. The lowest BCUT2D eigenvalue weighted by atomic mass is 9.94. The van der Waals surface area contributed by atoms with E-state index in [0.717, 1.165) is 0 Å². The molecule has 2 rings (SSSR count). The van der Waals surface area contributed by atoms with Gasteiger partial charge >= 0.3 is 0 Å². The molecule has 1 heteroatoms. The third kappa shape index (κ3) is 2.55. The predicted molar refractivity (Wildman–Crippen MR) is 73.2 cm³/mol. The molecule has 0 unspecified atom stereocenters. The molecule has 0 aliphatic carbocycles. The highest BCUT2D eigenvalue weighted by Gasteiger charge is 2.05. The Bertz CT molecular complexity index is 527. The Hall–Kier alpha value is -1.63. The summed E-state index contributed by atoms with van der Waals surface area (Å²) in [5, 5.41) is 0. The number of hydrogen-bond acceptors (Lipinski definition) is 1. The van der Waals surface area contributed by atoms with Crippen LogP contribution in [0.1, 0.15) is 36.5 Å². The van der Waals surface area contributed by atoms with E-state index in [1.54, 1.807) is 0 Å². The lowest BCUT2D eigenvalue weighted by Crippen LogP contribution is -1.92. The first-order chi connectivity index (χ1) is 8.08. The van der Waals surface area contributed by atoms with Crippen LogP contribution in [0.15, 0.2) is 36.7 Å². The number of pyridine rings is 1. The van der Waals surface area contributed by atoms with Gasteiger partial charge in [-0.15, -0.1) is 0 Å². The Kier molecular flexibility index (Phi) is 3.28. The topological polar surface area (TPSA) is 12.9 Å². The summed E-state index contributed by atoms with van der Waals surface area (Å²) in [4.78, 5) is 4.25. The number of aryl methyl sites for hydroxylation is 2. The van der Waals surface area contributed by atoms with Crippen LogP contribution < -0.4 is 0 Å². The van der Waals surface area contributed by atoms with Gasteiger partial charge in [0.25, 0.3) is 0 Å². The van der Waals surface area contributed by atoms with Crippen LogP contribution in [0.5, 0.6) is 0 Å². The molecule has 1 aromatic heterocycles. The molecule has 1 heterocycles. The Balaban J connectivity index is 2.44. The number of rotatable bonds is 2. The molecule has 0 radical (unpaired) electrons. The average Bonchev–Trinajstić information content (AvgIpc) is 2.28. The molecule has 0 saturated carbocycles. The van der Waals surface area contributed by atoms with Crippen molar-refractivity contribution < 1.29 is 0 Å². The van der Waals surface area contributed by atoms with Crippen molar-refractivity contribution in [2.24, 2.45) is 0 Å². The molecule has 0 amide bonds. The van der Waals surface area contributed by atoms with Crippen molar-refractivity contribution in [1.82, 2.24) is 4.98 Å². The molecule has 0 saturated heterocycles. The normalized spacial score (nSPS) is 10.9. The SMILES string of the molecule is Cc1cncc(-c2ccc(C(C)C)c(C)c2)c1. The summed E-state index contributed by atoms with van der Waals surface area (Å²) in [6.45, 7) is 8.72. The van der Waals surface area contributed by atoms with Crippen LogP contribution >= 0.6 is 0 Å². The average molecular weight is 225 g/mol. The van der Waals surface area contributed by atoms with E-state index < -0.39 is 0 Å². The standard InChI is InChI=1S/C16H19N/c1-11(2)16-6-5-14(8-13(16)4)15-7-12(3)9-17-10-15/h5-11H,1-4H3. The lowest BCUT2D eigenvalue weighted by Gasteiger charge is -2.11.